The summed E-state index contributed by atoms with van der Waals surface area (Å²) in [6.07, 6.45) is 1.63. The summed E-state index contributed by atoms with van der Waals surface area (Å²) in [4.78, 5) is 14.3. The van der Waals surface area contributed by atoms with Crippen LogP contribution in [0.15, 0.2) is 24.3 Å². The molecular formula is C20H27N3O3. The van der Waals surface area contributed by atoms with E-state index in [0.717, 1.165) is 28.3 Å². The molecule has 0 spiro atoms. The van der Waals surface area contributed by atoms with E-state index in [1.54, 1.807) is 4.90 Å². The summed E-state index contributed by atoms with van der Waals surface area (Å²) in [5.41, 5.74) is 3.11. The summed E-state index contributed by atoms with van der Waals surface area (Å²) in [7, 11) is 0. The average molecular weight is 357 g/mol. The minimum Gasteiger partial charge on any atom is -0.490 e. The molecular weight excluding hydrogens is 330 g/mol. The van der Waals surface area contributed by atoms with E-state index < -0.39 is 5.60 Å². The normalized spacial score (nSPS) is 19.8. The number of nitrogens with zero attached hydrogens (tertiary/aromatic N) is 2. The van der Waals surface area contributed by atoms with E-state index in [0.29, 0.717) is 32.4 Å². The number of para-hydroxylation sites is 1. The first-order valence-electron chi connectivity index (χ1n) is 9.07. The number of carbonyl (C=O) groups excluding carboxylic acids is 1. The summed E-state index contributed by atoms with van der Waals surface area (Å²) < 4.78 is 5.80. The fourth-order valence-electron chi connectivity index (χ4n) is 3.45. The van der Waals surface area contributed by atoms with Gasteiger partial charge in [0.25, 0.3) is 0 Å². The number of hydrogen-bond donors (Lipinski definition) is 2. The zero-order valence-corrected chi connectivity index (χ0v) is 15.7. The van der Waals surface area contributed by atoms with E-state index in [2.05, 4.69) is 10.2 Å². The van der Waals surface area contributed by atoms with Gasteiger partial charge in [0.1, 0.15) is 18.0 Å². The van der Waals surface area contributed by atoms with Crippen molar-refractivity contribution in [3.05, 3.63) is 46.8 Å². The van der Waals surface area contributed by atoms with E-state index >= 15 is 0 Å². The quantitative estimate of drug-likeness (QED) is 0.832. The van der Waals surface area contributed by atoms with Gasteiger partial charge in [0.2, 0.25) is 5.91 Å². The van der Waals surface area contributed by atoms with E-state index in [9.17, 15) is 9.90 Å². The van der Waals surface area contributed by atoms with Crippen molar-refractivity contribution in [3.8, 4) is 5.75 Å². The van der Waals surface area contributed by atoms with Crippen molar-refractivity contribution in [1.29, 1.82) is 0 Å². The van der Waals surface area contributed by atoms with Crippen LogP contribution in [0.3, 0.4) is 0 Å². The van der Waals surface area contributed by atoms with Gasteiger partial charge in [-0.05, 0) is 50.8 Å². The summed E-state index contributed by atoms with van der Waals surface area (Å²) in [6.45, 7) is 6.97. The van der Waals surface area contributed by atoms with Gasteiger partial charge in [-0.2, -0.15) is 5.10 Å². The predicted molar refractivity (Wildman–Crippen MR) is 99.2 cm³/mol. The van der Waals surface area contributed by atoms with Crippen molar-refractivity contribution in [1.82, 2.24) is 15.1 Å². The number of likely N-dealkylation sites (tertiary alicyclic amines) is 1. The van der Waals surface area contributed by atoms with Crippen molar-refractivity contribution >= 4 is 5.91 Å². The third-order valence-electron chi connectivity index (χ3n) is 5.14. The molecule has 26 heavy (non-hydrogen) atoms. The Kier molecular flexibility index (Phi) is 5.32. The first-order chi connectivity index (χ1) is 12.4. The van der Waals surface area contributed by atoms with E-state index in [1.165, 1.54) is 0 Å². The summed E-state index contributed by atoms with van der Waals surface area (Å²) in [5.74, 6) is 0.841. The fourth-order valence-corrected chi connectivity index (χ4v) is 3.45. The first-order valence-corrected chi connectivity index (χ1v) is 9.07. The maximum Gasteiger partial charge on any atom is 0.223 e. The number of H-pyrrole nitrogens is 1. The van der Waals surface area contributed by atoms with Gasteiger partial charge >= 0.3 is 0 Å². The highest BCUT2D eigenvalue weighted by atomic mass is 16.5. The van der Waals surface area contributed by atoms with Crippen LogP contribution in [0.1, 0.15) is 35.4 Å². The lowest BCUT2D eigenvalue weighted by molar-refractivity contribution is -0.131. The molecule has 3 rings (SSSR count). The molecule has 1 fully saturated rings. The van der Waals surface area contributed by atoms with Crippen LogP contribution in [0.5, 0.6) is 5.75 Å². The molecule has 0 radical (unpaired) electrons. The van der Waals surface area contributed by atoms with Gasteiger partial charge in [0.15, 0.2) is 0 Å². The standard InChI is InChI=1S/C20H27N3O3/c1-14-6-4-5-7-18(14)26-13-20(25)10-11-23(12-20)19(24)9-8-17-15(2)21-22-16(17)3/h4-7,25H,8-13H2,1-3H3,(H,21,22)/t20-/m0/s1. The van der Waals surface area contributed by atoms with Crippen LogP contribution < -0.4 is 4.74 Å². The Bertz CT molecular complexity index is 767. The van der Waals surface area contributed by atoms with Gasteiger partial charge in [-0.15, -0.1) is 0 Å². The average Bonchev–Trinajstić information content (AvgIpc) is 3.16. The summed E-state index contributed by atoms with van der Waals surface area (Å²) in [5, 5.41) is 17.9. The number of aliphatic hydroxyl groups is 1. The van der Waals surface area contributed by atoms with Gasteiger partial charge in [0.05, 0.1) is 12.2 Å². The number of aromatic nitrogens is 2. The fraction of sp³-hybridized carbons (Fsp3) is 0.500. The van der Waals surface area contributed by atoms with Crippen LogP contribution in [0.4, 0.5) is 0 Å². The molecule has 0 bridgehead atoms. The second-order valence-electron chi connectivity index (χ2n) is 7.26. The van der Waals surface area contributed by atoms with Gasteiger partial charge in [-0.1, -0.05) is 18.2 Å². The van der Waals surface area contributed by atoms with Crippen LogP contribution in [0.25, 0.3) is 0 Å². The summed E-state index contributed by atoms with van der Waals surface area (Å²) in [6, 6.07) is 7.74. The zero-order valence-electron chi connectivity index (χ0n) is 15.7. The minimum absolute atomic E-state index is 0.0665. The lowest BCUT2D eigenvalue weighted by Gasteiger charge is -2.24. The van der Waals surface area contributed by atoms with Crippen molar-refractivity contribution < 1.29 is 14.6 Å². The molecule has 6 heteroatoms. The molecule has 1 aliphatic rings. The highest BCUT2D eigenvalue weighted by molar-refractivity contribution is 5.77. The first kappa shape index (κ1) is 18.5. The topological polar surface area (TPSA) is 78.5 Å². The molecule has 1 amide bonds. The van der Waals surface area contributed by atoms with Crippen LogP contribution in [0, 0.1) is 20.8 Å². The smallest absolute Gasteiger partial charge is 0.223 e. The van der Waals surface area contributed by atoms with Gasteiger partial charge in [-0.25, -0.2) is 0 Å². The van der Waals surface area contributed by atoms with Crippen LogP contribution in [-0.2, 0) is 11.2 Å². The van der Waals surface area contributed by atoms with E-state index in [-0.39, 0.29) is 12.5 Å². The molecule has 0 saturated carbocycles. The second kappa shape index (κ2) is 7.50. The molecule has 1 atom stereocenters. The molecule has 2 N–H and O–H groups in total. The molecule has 1 saturated heterocycles. The highest BCUT2D eigenvalue weighted by Crippen LogP contribution is 2.25. The number of aryl methyl sites for hydroxylation is 3. The van der Waals surface area contributed by atoms with E-state index in [1.807, 2.05) is 45.0 Å². The zero-order chi connectivity index (χ0) is 18.7. The largest absolute Gasteiger partial charge is 0.490 e. The Morgan fingerprint density at radius 1 is 1.35 bits per heavy atom. The Morgan fingerprint density at radius 3 is 2.81 bits per heavy atom. The number of nitrogens with one attached hydrogen (secondary N) is 1. The van der Waals surface area contributed by atoms with Crippen molar-refractivity contribution in [2.24, 2.45) is 0 Å². The van der Waals surface area contributed by atoms with Crippen LogP contribution in [0.2, 0.25) is 0 Å². The predicted octanol–water partition coefficient (Wildman–Crippen LogP) is 2.31. The second-order valence-corrected chi connectivity index (χ2v) is 7.26. The molecule has 0 aliphatic carbocycles. The number of ether oxygens (including phenoxy) is 1. The molecule has 1 aromatic carbocycles. The number of amides is 1. The molecule has 0 unspecified atom stereocenters. The van der Waals surface area contributed by atoms with E-state index in [4.69, 9.17) is 4.74 Å². The minimum atomic E-state index is -0.987. The van der Waals surface area contributed by atoms with Crippen molar-refractivity contribution in [2.75, 3.05) is 19.7 Å². The molecule has 6 nitrogen and oxygen atoms in total. The molecule has 2 heterocycles. The number of β-amino-alcohol motifs (C(OH)–C–C–N with tert-alkyl or cyclic N) is 1. The SMILES string of the molecule is Cc1ccccc1OC[C@]1(O)CCN(C(=O)CCc2c(C)n[nH]c2C)C1. The number of carbonyl (C=O) groups is 1. The number of aromatic amines is 1. The van der Waals surface area contributed by atoms with Crippen LogP contribution in [-0.4, -0.2) is 51.4 Å². The molecule has 1 aromatic heterocycles. The Hall–Kier alpha value is -2.34. The number of hydrogen-bond acceptors (Lipinski definition) is 4. The third-order valence-corrected chi connectivity index (χ3v) is 5.14. The molecule has 2 aromatic rings. The van der Waals surface area contributed by atoms with Crippen molar-refractivity contribution in [2.45, 2.75) is 45.6 Å². The summed E-state index contributed by atoms with van der Waals surface area (Å²) >= 11 is 0. The Morgan fingerprint density at radius 2 is 2.12 bits per heavy atom. The third kappa shape index (κ3) is 4.07. The molecule has 1 aliphatic heterocycles. The van der Waals surface area contributed by atoms with Gasteiger partial charge in [0, 0.05) is 18.7 Å². The maximum absolute atomic E-state index is 12.5. The van der Waals surface area contributed by atoms with Gasteiger partial charge < -0.3 is 14.7 Å². The van der Waals surface area contributed by atoms with Crippen LogP contribution >= 0.6 is 0 Å². The lowest BCUT2D eigenvalue weighted by Crippen LogP contribution is -2.40. The Labute approximate surface area is 154 Å². The van der Waals surface area contributed by atoms with Crippen molar-refractivity contribution in [3.63, 3.8) is 0 Å². The Balaban J connectivity index is 1.52. The lowest BCUT2D eigenvalue weighted by atomic mass is 10.1. The monoisotopic (exact) mass is 357 g/mol. The molecule has 140 valence electrons. The number of rotatable bonds is 6. The number of benzene rings is 1. The van der Waals surface area contributed by atoms with Gasteiger partial charge in [-0.3, -0.25) is 9.89 Å². The highest BCUT2D eigenvalue weighted by Gasteiger charge is 2.38. The maximum atomic E-state index is 12.5.